The van der Waals surface area contributed by atoms with Gasteiger partial charge in [-0.1, -0.05) is 18.2 Å². The number of carbonyl (C=O) groups excluding carboxylic acids is 1. The van der Waals surface area contributed by atoms with Gasteiger partial charge in [0, 0.05) is 12.5 Å². The Morgan fingerprint density at radius 2 is 1.85 bits per heavy atom. The van der Waals surface area contributed by atoms with Crippen LogP contribution < -0.4 is 11.1 Å². The van der Waals surface area contributed by atoms with Gasteiger partial charge in [0.25, 0.3) is 0 Å². The zero-order chi connectivity index (χ0) is 14.6. The summed E-state index contributed by atoms with van der Waals surface area (Å²) in [5, 5.41) is 2.52. The van der Waals surface area contributed by atoms with Gasteiger partial charge in [-0.05, 0) is 25.5 Å². The average Bonchev–Trinajstić information content (AvgIpc) is 2.26. The molecule has 2 unspecified atom stereocenters. The van der Waals surface area contributed by atoms with E-state index in [0.717, 1.165) is 6.07 Å². The van der Waals surface area contributed by atoms with Gasteiger partial charge in [0.05, 0.1) is 11.6 Å². The standard InChI is InChI=1S/C13H17F3N2O.ClH/c1-8(17)7-12(19)18-9(2)10-5-3-4-6-11(10)13(14,15)16;/h3-6,8-9H,7,17H2,1-2H3,(H,18,19);1H. The highest BCUT2D eigenvalue weighted by Crippen LogP contribution is 2.34. The zero-order valence-electron chi connectivity index (χ0n) is 11.2. The quantitative estimate of drug-likeness (QED) is 0.898. The second-order valence-corrected chi connectivity index (χ2v) is 4.56. The first-order valence-electron chi connectivity index (χ1n) is 5.93. The summed E-state index contributed by atoms with van der Waals surface area (Å²) in [6.45, 7) is 3.18. The molecule has 0 aliphatic carbocycles. The fraction of sp³-hybridized carbons (Fsp3) is 0.462. The third-order valence-corrected chi connectivity index (χ3v) is 2.62. The van der Waals surface area contributed by atoms with Crippen LogP contribution in [0, 0.1) is 0 Å². The summed E-state index contributed by atoms with van der Waals surface area (Å²) in [7, 11) is 0. The summed E-state index contributed by atoms with van der Waals surface area (Å²) in [6, 6.07) is 4.15. The van der Waals surface area contributed by atoms with Crippen LogP contribution in [0.1, 0.15) is 37.4 Å². The summed E-state index contributed by atoms with van der Waals surface area (Å²) in [5.74, 6) is -0.362. The van der Waals surface area contributed by atoms with Gasteiger partial charge in [-0.3, -0.25) is 4.79 Å². The molecule has 1 amide bonds. The summed E-state index contributed by atoms with van der Waals surface area (Å²) >= 11 is 0. The van der Waals surface area contributed by atoms with E-state index in [4.69, 9.17) is 5.73 Å². The smallest absolute Gasteiger partial charge is 0.350 e. The maximum Gasteiger partial charge on any atom is 0.416 e. The molecule has 3 N–H and O–H groups in total. The molecule has 0 saturated carbocycles. The molecule has 0 saturated heterocycles. The average molecular weight is 311 g/mol. The van der Waals surface area contributed by atoms with Crippen LogP contribution >= 0.6 is 12.4 Å². The fourth-order valence-corrected chi connectivity index (χ4v) is 1.80. The van der Waals surface area contributed by atoms with E-state index in [1.807, 2.05) is 0 Å². The first kappa shape index (κ1) is 18.7. The lowest BCUT2D eigenvalue weighted by Crippen LogP contribution is -2.32. The molecular formula is C13H18ClF3N2O. The third-order valence-electron chi connectivity index (χ3n) is 2.62. The topological polar surface area (TPSA) is 55.1 Å². The molecule has 1 rings (SSSR count). The lowest BCUT2D eigenvalue weighted by Gasteiger charge is -2.20. The predicted octanol–water partition coefficient (Wildman–Crippen LogP) is 3.04. The summed E-state index contributed by atoms with van der Waals surface area (Å²) in [4.78, 5) is 11.5. The molecule has 7 heteroatoms. The molecule has 0 bridgehead atoms. The van der Waals surface area contributed by atoms with Crippen molar-refractivity contribution in [2.24, 2.45) is 5.73 Å². The third kappa shape index (κ3) is 5.38. The number of alkyl halides is 3. The number of carbonyl (C=O) groups is 1. The molecule has 0 aliphatic heterocycles. The molecule has 1 aromatic rings. The molecular weight excluding hydrogens is 293 g/mol. The number of benzene rings is 1. The summed E-state index contributed by atoms with van der Waals surface area (Å²) < 4.78 is 38.5. The molecule has 0 aliphatic rings. The molecule has 0 spiro atoms. The highest BCUT2D eigenvalue weighted by atomic mass is 35.5. The Labute approximate surface area is 122 Å². The molecule has 20 heavy (non-hydrogen) atoms. The number of halogens is 4. The van der Waals surface area contributed by atoms with Crippen molar-refractivity contribution in [2.45, 2.75) is 38.5 Å². The van der Waals surface area contributed by atoms with Crippen molar-refractivity contribution in [2.75, 3.05) is 0 Å². The molecule has 0 aromatic heterocycles. The first-order chi connectivity index (χ1) is 8.71. The Kier molecular flexibility index (Phi) is 7.02. The largest absolute Gasteiger partial charge is 0.416 e. The van der Waals surface area contributed by atoms with Gasteiger partial charge in [-0.25, -0.2) is 0 Å². The number of nitrogens with one attached hydrogen (secondary N) is 1. The lowest BCUT2D eigenvalue weighted by molar-refractivity contribution is -0.138. The molecule has 0 heterocycles. The van der Waals surface area contributed by atoms with Crippen LogP contribution in [-0.4, -0.2) is 11.9 Å². The second kappa shape index (κ2) is 7.50. The Balaban J connectivity index is 0.00000361. The Hall–Kier alpha value is -1.27. The van der Waals surface area contributed by atoms with Crippen LogP contribution in [0.3, 0.4) is 0 Å². The van der Waals surface area contributed by atoms with Crippen molar-refractivity contribution < 1.29 is 18.0 Å². The predicted molar refractivity (Wildman–Crippen MR) is 73.5 cm³/mol. The van der Waals surface area contributed by atoms with E-state index in [1.54, 1.807) is 6.92 Å². The minimum Gasteiger partial charge on any atom is -0.350 e. The number of nitrogens with two attached hydrogens (primary N) is 1. The van der Waals surface area contributed by atoms with Gasteiger partial charge < -0.3 is 11.1 Å². The minimum atomic E-state index is -4.43. The van der Waals surface area contributed by atoms with E-state index in [1.165, 1.54) is 25.1 Å². The van der Waals surface area contributed by atoms with Crippen LogP contribution in [0.5, 0.6) is 0 Å². The maximum atomic E-state index is 12.8. The van der Waals surface area contributed by atoms with Gasteiger partial charge in [0.15, 0.2) is 0 Å². The van der Waals surface area contributed by atoms with E-state index < -0.39 is 17.8 Å². The normalized spacial score (nSPS) is 14.1. The Morgan fingerprint density at radius 1 is 1.30 bits per heavy atom. The van der Waals surface area contributed by atoms with Gasteiger partial charge in [0.1, 0.15) is 0 Å². The first-order valence-corrected chi connectivity index (χ1v) is 5.93. The van der Waals surface area contributed by atoms with Crippen LogP contribution in [0.15, 0.2) is 24.3 Å². The SMILES string of the molecule is CC(N)CC(=O)NC(C)c1ccccc1C(F)(F)F.Cl. The second-order valence-electron chi connectivity index (χ2n) is 4.56. The molecule has 0 radical (unpaired) electrons. The van der Waals surface area contributed by atoms with Crippen molar-refractivity contribution in [3.05, 3.63) is 35.4 Å². The van der Waals surface area contributed by atoms with Crippen molar-refractivity contribution in [3.8, 4) is 0 Å². The fourth-order valence-electron chi connectivity index (χ4n) is 1.80. The summed E-state index contributed by atoms with van der Waals surface area (Å²) in [5.41, 5.74) is 4.78. The molecule has 0 fully saturated rings. The monoisotopic (exact) mass is 310 g/mol. The molecule has 114 valence electrons. The van der Waals surface area contributed by atoms with Crippen LogP contribution in [0.2, 0.25) is 0 Å². The van der Waals surface area contributed by atoms with E-state index in [2.05, 4.69) is 5.32 Å². The van der Waals surface area contributed by atoms with Gasteiger partial charge in [-0.15, -0.1) is 12.4 Å². The number of hydrogen-bond donors (Lipinski definition) is 2. The van der Waals surface area contributed by atoms with Gasteiger partial charge in [0.2, 0.25) is 5.91 Å². The highest BCUT2D eigenvalue weighted by Gasteiger charge is 2.34. The number of rotatable bonds is 4. The van der Waals surface area contributed by atoms with Crippen molar-refractivity contribution >= 4 is 18.3 Å². The van der Waals surface area contributed by atoms with Crippen LogP contribution in [0.25, 0.3) is 0 Å². The molecule has 2 atom stereocenters. The van der Waals surface area contributed by atoms with Crippen molar-refractivity contribution in [1.29, 1.82) is 0 Å². The van der Waals surface area contributed by atoms with Crippen LogP contribution in [-0.2, 0) is 11.0 Å². The highest BCUT2D eigenvalue weighted by molar-refractivity contribution is 5.85. The van der Waals surface area contributed by atoms with E-state index in [9.17, 15) is 18.0 Å². The van der Waals surface area contributed by atoms with Gasteiger partial charge >= 0.3 is 6.18 Å². The number of amides is 1. The minimum absolute atomic E-state index is 0. The molecule has 3 nitrogen and oxygen atoms in total. The zero-order valence-corrected chi connectivity index (χ0v) is 12.0. The number of hydrogen-bond acceptors (Lipinski definition) is 2. The Bertz CT molecular complexity index is 449. The maximum absolute atomic E-state index is 12.8. The van der Waals surface area contributed by atoms with Crippen LogP contribution in [0.4, 0.5) is 13.2 Å². The Morgan fingerprint density at radius 3 is 2.35 bits per heavy atom. The van der Waals surface area contributed by atoms with Crippen molar-refractivity contribution in [1.82, 2.24) is 5.32 Å². The van der Waals surface area contributed by atoms with Crippen molar-refractivity contribution in [3.63, 3.8) is 0 Å². The molecule has 1 aromatic carbocycles. The van der Waals surface area contributed by atoms with E-state index >= 15 is 0 Å². The summed E-state index contributed by atoms with van der Waals surface area (Å²) in [6.07, 6.45) is -4.35. The lowest BCUT2D eigenvalue weighted by atomic mass is 10.0. The van der Waals surface area contributed by atoms with E-state index in [0.29, 0.717) is 0 Å². The van der Waals surface area contributed by atoms with Gasteiger partial charge in [-0.2, -0.15) is 13.2 Å². The van der Waals surface area contributed by atoms with E-state index in [-0.39, 0.29) is 36.3 Å².